The summed E-state index contributed by atoms with van der Waals surface area (Å²) < 4.78 is 0. The molecule has 0 aromatic heterocycles. The maximum Gasteiger partial charge on any atom is 0.0933 e. The molecule has 0 bridgehead atoms. The lowest BCUT2D eigenvalue weighted by atomic mass is 10.2. The zero-order valence-electron chi connectivity index (χ0n) is 9.28. The maximum atomic E-state index is 5.39. The number of benzene rings is 1. The third kappa shape index (κ3) is 5.35. The van der Waals surface area contributed by atoms with Gasteiger partial charge in [-0.25, -0.2) is 0 Å². The Labute approximate surface area is 91.9 Å². The van der Waals surface area contributed by atoms with Crippen LogP contribution < -0.4 is 5.48 Å². The molecule has 15 heavy (non-hydrogen) atoms. The van der Waals surface area contributed by atoms with E-state index in [4.69, 9.17) is 4.84 Å². The molecular weight excluding hydrogens is 186 g/mol. The molecule has 1 N–H and O–H groups in total. The number of rotatable bonds is 7. The maximum absolute atomic E-state index is 5.39. The monoisotopic (exact) mass is 205 g/mol. The highest BCUT2D eigenvalue weighted by atomic mass is 16.6. The van der Waals surface area contributed by atoms with Gasteiger partial charge in [0.1, 0.15) is 0 Å². The first kappa shape index (κ1) is 12.0. The van der Waals surface area contributed by atoms with Crippen molar-refractivity contribution in [3.8, 4) is 0 Å². The van der Waals surface area contributed by atoms with Gasteiger partial charge in [0.2, 0.25) is 0 Å². The lowest BCUT2D eigenvalue weighted by Gasteiger charge is -2.12. The Hall–Kier alpha value is -1.12. The van der Waals surface area contributed by atoms with Gasteiger partial charge in [0, 0.05) is 6.04 Å². The van der Waals surface area contributed by atoms with E-state index in [0.717, 1.165) is 12.8 Å². The second-order valence-electron chi connectivity index (χ2n) is 3.66. The molecule has 0 spiro atoms. The predicted molar refractivity (Wildman–Crippen MR) is 63.3 cm³/mol. The molecular formula is C13H19NO. The van der Waals surface area contributed by atoms with Crippen LogP contribution in [0.25, 0.3) is 0 Å². The van der Waals surface area contributed by atoms with Crippen molar-refractivity contribution in [2.24, 2.45) is 0 Å². The quantitative estimate of drug-likeness (QED) is 0.545. The van der Waals surface area contributed by atoms with Crippen molar-refractivity contribution in [2.75, 3.05) is 0 Å². The molecule has 0 saturated heterocycles. The Balaban J connectivity index is 2.13. The molecule has 1 atom stereocenters. The second-order valence-corrected chi connectivity index (χ2v) is 3.66. The SMILES string of the molecule is C=CCCC(C)NOCc1ccccc1. The fourth-order valence-electron chi connectivity index (χ4n) is 1.27. The minimum Gasteiger partial charge on any atom is -0.297 e. The normalized spacial score (nSPS) is 12.3. The van der Waals surface area contributed by atoms with E-state index in [-0.39, 0.29) is 0 Å². The molecule has 0 radical (unpaired) electrons. The third-order valence-electron chi connectivity index (χ3n) is 2.17. The van der Waals surface area contributed by atoms with Crippen molar-refractivity contribution in [3.63, 3.8) is 0 Å². The van der Waals surface area contributed by atoms with Gasteiger partial charge < -0.3 is 0 Å². The summed E-state index contributed by atoms with van der Waals surface area (Å²) in [6.45, 7) is 6.41. The van der Waals surface area contributed by atoms with E-state index in [9.17, 15) is 0 Å². The van der Waals surface area contributed by atoms with Crippen molar-refractivity contribution < 1.29 is 4.84 Å². The highest BCUT2D eigenvalue weighted by molar-refractivity contribution is 5.13. The summed E-state index contributed by atoms with van der Waals surface area (Å²) in [5, 5.41) is 0. The molecule has 82 valence electrons. The van der Waals surface area contributed by atoms with Crippen molar-refractivity contribution in [1.29, 1.82) is 0 Å². The minimum atomic E-state index is 0.367. The van der Waals surface area contributed by atoms with Crippen LogP contribution in [0.4, 0.5) is 0 Å². The Bertz CT molecular complexity index is 271. The summed E-state index contributed by atoms with van der Waals surface area (Å²) in [6, 6.07) is 10.5. The van der Waals surface area contributed by atoms with Crippen LogP contribution in [0.5, 0.6) is 0 Å². The summed E-state index contributed by atoms with van der Waals surface area (Å²) >= 11 is 0. The summed E-state index contributed by atoms with van der Waals surface area (Å²) in [4.78, 5) is 5.39. The van der Waals surface area contributed by atoms with E-state index < -0.39 is 0 Å². The lowest BCUT2D eigenvalue weighted by molar-refractivity contribution is 0.00602. The number of hydrogen-bond donors (Lipinski definition) is 1. The van der Waals surface area contributed by atoms with Crippen molar-refractivity contribution in [2.45, 2.75) is 32.4 Å². The first-order chi connectivity index (χ1) is 7.33. The van der Waals surface area contributed by atoms with Gasteiger partial charge in [-0.05, 0) is 25.3 Å². The largest absolute Gasteiger partial charge is 0.297 e. The Morgan fingerprint density at radius 3 is 2.80 bits per heavy atom. The van der Waals surface area contributed by atoms with Crippen molar-refractivity contribution in [3.05, 3.63) is 48.6 Å². The molecule has 2 heteroatoms. The molecule has 0 heterocycles. The predicted octanol–water partition coefficient (Wildman–Crippen LogP) is 3.06. The number of allylic oxidation sites excluding steroid dienone is 1. The Morgan fingerprint density at radius 2 is 2.13 bits per heavy atom. The number of nitrogens with one attached hydrogen (secondary N) is 1. The molecule has 0 aliphatic heterocycles. The average Bonchev–Trinajstić information content (AvgIpc) is 2.28. The van der Waals surface area contributed by atoms with E-state index in [2.05, 4.69) is 31.1 Å². The van der Waals surface area contributed by atoms with Crippen molar-refractivity contribution in [1.82, 2.24) is 5.48 Å². The molecule has 0 amide bonds. The molecule has 0 fully saturated rings. The first-order valence-electron chi connectivity index (χ1n) is 5.35. The van der Waals surface area contributed by atoms with Gasteiger partial charge in [-0.15, -0.1) is 6.58 Å². The number of hydrogen-bond acceptors (Lipinski definition) is 2. The second kappa shape index (κ2) is 7.21. The fraction of sp³-hybridized carbons (Fsp3) is 0.385. The zero-order chi connectivity index (χ0) is 10.9. The van der Waals surface area contributed by atoms with Crippen LogP contribution in [-0.4, -0.2) is 6.04 Å². The van der Waals surface area contributed by atoms with E-state index in [1.165, 1.54) is 5.56 Å². The zero-order valence-corrected chi connectivity index (χ0v) is 9.28. The van der Waals surface area contributed by atoms with E-state index in [1.807, 2.05) is 24.3 Å². The molecule has 2 nitrogen and oxygen atoms in total. The van der Waals surface area contributed by atoms with Crippen LogP contribution in [0.1, 0.15) is 25.3 Å². The summed E-state index contributed by atoms with van der Waals surface area (Å²) in [6.07, 6.45) is 4.00. The third-order valence-corrected chi connectivity index (χ3v) is 2.17. The summed E-state index contributed by atoms with van der Waals surface area (Å²) in [5.74, 6) is 0. The highest BCUT2D eigenvalue weighted by Crippen LogP contribution is 2.01. The van der Waals surface area contributed by atoms with Crippen LogP contribution in [0, 0.1) is 0 Å². The molecule has 0 saturated carbocycles. The van der Waals surface area contributed by atoms with Gasteiger partial charge in [0.05, 0.1) is 6.61 Å². The van der Waals surface area contributed by atoms with Gasteiger partial charge in [-0.3, -0.25) is 4.84 Å². The Morgan fingerprint density at radius 1 is 1.40 bits per heavy atom. The van der Waals surface area contributed by atoms with Crippen LogP contribution in [0.15, 0.2) is 43.0 Å². The van der Waals surface area contributed by atoms with Gasteiger partial charge in [-0.2, -0.15) is 5.48 Å². The average molecular weight is 205 g/mol. The molecule has 1 rings (SSSR count). The Kier molecular flexibility index (Phi) is 5.74. The van der Waals surface area contributed by atoms with Crippen LogP contribution in [0.3, 0.4) is 0 Å². The van der Waals surface area contributed by atoms with Crippen LogP contribution in [0.2, 0.25) is 0 Å². The standard InChI is InChI=1S/C13H19NO/c1-3-4-8-12(2)14-15-11-13-9-6-5-7-10-13/h3,5-7,9-10,12,14H,1,4,8,11H2,2H3. The first-order valence-corrected chi connectivity index (χ1v) is 5.35. The molecule has 0 aliphatic rings. The topological polar surface area (TPSA) is 21.3 Å². The van der Waals surface area contributed by atoms with Gasteiger partial charge in [0.25, 0.3) is 0 Å². The molecule has 0 aliphatic carbocycles. The minimum absolute atomic E-state index is 0.367. The van der Waals surface area contributed by atoms with Gasteiger partial charge in [-0.1, -0.05) is 36.4 Å². The number of hydroxylamine groups is 1. The molecule has 1 aromatic rings. The highest BCUT2D eigenvalue weighted by Gasteiger charge is 1.99. The van der Waals surface area contributed by atoms with Crippen LogP contribution >= 0.6 is 0 Å². The summed E-state index contributed by atoms with van der Waals surface area (Å²) in [7, 11) is 0. The smallest absolute Gasteiger partial charge is 0.0933 e. The summed E-state index contributed by atoms with van der Waals surface area (Å²) in [5.41, 5.74) is 4.20. The van der Waals surface area contributed by atoms with Crippen LogP contribution in [-0.2, 0) is 11.4 Å². The fourth-order valence-corrected chi connectivity index (χ4v) is 1.27. The van der Waals surface area contributed by atoms with E-state index in [1.54, 1.807) is 0 Å². The van der Waals surface area contributed by atoms with Gasteiger partial charge in [0.15, 0.2) is 0 Å². The molecule has 1 unspecified atom stereocenters. The van der Waals surface area contributed by atoms with E-state index in [0.29, 0.717) is 12.6 Å². The van der Waals surface area contributed by atoms with Crippen molar-refractivity contribution >= 4 is 0 Å². The lowest BCUT2D eigenvalue weighted by Crippen LogP contribution is -2.25. The van der Waals surface area contributed by atoms with E-state index >= 15 is 0 Å². The van der Waals surface area contributed by atoms with Gasteiger partial charge >= 0.3 is 0 Å². The molecule has 1 aromatic carbocycles.